The molecule has 1 saturated heterocycles. The van der Waals surface area contributed by atoms with E-state index in [4.69, 9.17) is 4.74 Å². The van der Waals surface area contributed by atoms with Gasteiger partial charge in [0.15, 0.2) is 0 Å². The molecule has 0 radical (unpaired) electrons. The molecule has 0 saturated carbocycles. The molecule has 2 unspecified atom stereocenters. The average Bonchev–Trinajstić information content (AvgIpc) is 3.18. The van der Waals surface area contributed by atoms with Crippen molar-refractivity contribution in [2.45, 2.75) is 57.2 Å². The van der Waals surface area contributed by atoms with E-state index in [1.165, 1.54) is 50.5 Å². The molecule has 1 heteroatoms. The fourth-order valence-corrected chi connectivity index (χ4v) is 2.46. The lowest BCUT2D eigenvalue weighted by Crippen LogP contribution is -1.89. The van der Waals surface area contributed by atoms with Gasteiger partial charge in [-0.25, -0.2) is 0 Å². The van der Waals surface area contributed by atoms with Crippen molar-refractivity contribution in [2.24, 2.45) is 0 Å². The van der Waals surface area contributed by atoms with Gasteiger partial charge in [-0.1, -0.05) is 62.1 Å². The first kappa shape index (κ1) is 13.4. The van der Waals surface area contributed by atoms with Crippen LogP contribution in [0.4, 0.5) is 0 Å². The summed E-state index contributed by atoms with van der Waals surface area (Å²) in [7, 11) is 0. The van der Waals surface area contributed by atoms with Gasteiger partial charge in [-0.15, -0.1) is 6.58 Å². The molecular weight excluding hydrogens is 220 g/mol. The summed E-state index contributed by atoms with van der Waals surface area (Å²) in [5.74, 6) is 0. The lowest BCUT2D eigenvalue weighted by molar-refractivity contribution is 0.360. The molecule has 1 heterocycles. The lowest BCUT2D eigenvalue weighted by Gasteiger charge is -1.99. The minimum absolute atomic E-state index is 0.381. The lowest BCUT2D eigenvalue weighted by atomic mass is 10.0. The summed E-state index contributed by atoms with van der Waals surface area (Å²) in [5.41, 5.74) is 1.34. The highest BCUT2D eigenvalue weighted by atomic mass is 16.6. The van der Waals surface area contributed by atoms with Crippen molar-refractivity contribution >= 4 is 0 Å². The molecule has 18 heavy (non-hydrogen) atoms. The van der Waals surface area contributed by atoms with E-state index in [-0.39, 0.29) is 0 Å². The molecule has 2 rings (SSSR count). The van der Waals surface area contributed by atoms with Gasteiger partial charge in [0.2, 0.25) is 0 Å². The van der Waals surface area contributed by atoms with Crippen molar-refractivity contribution in [1.29, 1.82) is 0 Å². The first-order chi connectivity index (χ1) is 8.92. The van der Waals surface area contributed by atoms with E-state index in [9.17, 15) is 0 Å². The first-order valence-electron chi connectivity index (χ1n) is 7.23. The van der Waals surface area contributed by atoms with Gasteiger partial charge >= 0.3 is 0 Å². The van der Waals surface area contributed by atoms with Crippen LogP contribution in [0.2, 0.25) is 0 Å². The number of rotatable bonds is 9. The Morgan fingerprint density at radius 2 is 1.72 bits per heavy atom. The van der Waals surface area contributed by atoms with Crippen LogP contribution in [0.15, 0.2) is 43.0 Å². The molecule has 1 nitrogen and oxygen atoms in total. The third-order valence-electron chi connectivity index (χ3n) is 3.61. The van der Waals surface area contributed by atoms with E-state index in [1.54, 1.807) is 0 Å². The van der Waals surface area contributed by atoms with Crippen molar-refractivity contribution in [3.8, 4) is 0 Å². The van der Waals surface area contributed by atoms with Crippen LogP contribution in [0, 0.1) is 0 Å². The standard InChI is InChI=1S/C17H24O/c1-2-3-4-5-6-7-11-14-16-17(18-16)15-12-9-8-10-13-15/h2,8-10,12-13,16-17H,1,3-7,11,14H2. The Labute approximate surface area is 111 Å². The van der Waals surface area contributed by atoms with Crippen LogP contribution in [0.5, 0.6) is 0 Å². The predicted molar refractivity (Wildman–Crippen MR) is 76.6 cm³/mol. The maximum absolute atomic E-state index is 5.73. The molecule has 1 aromatic carbocycles. The molecule has 0 N–H and O–H groups in total. The van der Waals surface area contributed by atoms with Gasteiger partial charge < -0.3 is 4.74 Å². The quantitative estimate of drug-likeness (QED) is 0.337. The summed E-state index contributed by atoms with van der Waals surface area (Å²) in [4.78, 5) is 0. The Bertz CT molecular complexity index is 344. The molecule has 1 aliphatic rings. The zero-order valence-electron chi connectivity index (χ0n) is 11.2. The number of hydrogen-bond acceptors (Lipinski definition) is 1. The van der Waals surface area contributed by atoms with Crippen molar-refractivity contribution in [3.05, 3.63) is 48.6 Å². The average molecular weight is 244 g/mol. The third-order valence-corrected chi connectivity index (χ3v) is 3.61. The van der Waals surface area contributed by atoms with Crippen LogP contribution >= 0.6 is 0 Å². The number of hydrogen-bond donors (Lipinski definition) is 0. The van der Waals surface area contributed by atoms with Gasteiger partial charge in [0.1, 0.15) is 6.10 Å². The zero-order valence-corrected chi connectivity index (χ0v) is 11.2. The number of epoxide rings is 1. The highest BCUT2D eigenvalue weighted by molar-refractivity contribution is 5.22. The Morgan fingerprint density at radius 1 is 1.00 bits per heavy atom. The fraction of sp³-hybridized carbons (Fsp3) is 0.529. The number of allylic oxidation sites excluding steroid dienone is 1. The van der Waals surface area contributed by atoms with Crippen molar-refractivity contribution in [2.75, 3.05) is 0 Å². The number of benzene rings is 1. The van der Waals surface area contributed by atoms with Gasteiger partial charge in [-0.3, -0.25) is 0 Å². The molecule has 0 aliphatic carbocycles. The Balaban J connectivity index is 1.51. The molecular formula is C17H24O. The van der Waals surface area contributed by atoms with Crippen LogP contribution in [0.25, 0.3) is 0 Å². The number of unbranched alkanes of at least 4 members (excludes halogenated alkanes) is 5. The van der Waals surface area contributed by atoms with E-state index < -0.39 is 0 Å². The van der Waals surface area contributed by atoms with Gasteiger partial charge in [0.05, 0.1) is 6.10 Å². The Hall–Kier alpha value is -1.08. The SMILES string of the molecule is C=CCCCCCCCC1OC1c1ccccc1. The highest BCUT2D eigenvalue weighted by Gasteiger charge is 2.38. The molecule has 0 spiro atoms. The summed E-state index contributed by atoms with van der Waals surface area (Å²) in [6, 6.07) is 10.6. The second kappa shape index (κ2) is 7.38. The summed E-state index contributed by atoms with van der Waals surface area (Å²) >= 11 is 0. The summed E-state index contributed by atoms with van der Waals surface area (Å²) in [6.45, 7) is 3.75. The molecule has 2 atom stereocenters. The fourth-order valence-electron chi connectivity index (χ4n) is 2.46. The van der Waals surface area contributed by atoms with Gasteiger partial charge in [0, 0.05) is 0 Å². The molecule has 0 amide bonds. The van der Waals surface area contributed by atoms with Crippen LogP contribution < -0.4 is 0 Å². The summed E-state index contributed by atoms with van der Waals surface area (Å²) in [6.07, 6.45) is 11.9. The highest BCUT2D eigenvalue weighted by Crippen LogP contribution is 2.41. The molecule has 0 aromatic heterocycles. The molecule has 1 fully saturated rings. The van der Waals surface area contributed by atoms with Crippen molar-refractivity contribution < 1.29 is 4.74 Å². The monoisotopic (exact) mass is 244 g/mol. The minimum Gasteiger partial charge on any atom is -0.365 e. The maximum Gasteiger partial charge on any atom is 0.109 e. The van der Waals surface area contributed by atoms with E-state index in [2.05, 4.69) is 36.9 Å². The third kappa shape index (κ3) is 4.30. The smallest absolute Gasteiger partial charge is 0.109 e. The van der Waals surface area contributed by atoms with E-state index in [1.807, 2.05) is 6.08 Å². The molecule has 1 aromatic rings. The van der Waals surface area contributed by atoms with Crippen LogP contribution in [0.3, 0.4) is 0 Å². The second-order valence-corrected chi connectivity index (χ2v) is 5.14. The molecule has 1 aliphatic heterocycles. The normalized spacial score (nSPS) is 21.8. The predicted octanol–water partition coefficient (Wildman–Crippen LogP) is 5.04. The minimum atomic E-state index is 0.381. The van der Waals surface area contributed by atoms with Crippen molar-refractivity contribution in [1.82, 2.24) is 0 Å². The second-order valence-electron chi connectivity index (χ2n) is 5.14. The largest absolute Gasteiger partial charge is 0.365 e. The van der Waals surface area contributed by atoms with Crippen LogP contribution in [0.1, 0.15) is 56.6 Å². The Kier molecular flexibility index (Phi) is 5.47. The molecule has 0 bridgehead atoms. The van der Waals surface area contributed by atoms with E-state index in [0.29, 0.717) is 12.2 Å². The van der Waals surface area contributed by atoms with Crippen LogP contribution in [-0.2, 0) is 4.74 Å². The summed E-state index contributed by atoms with van der Waals surface area (Å²) < 4.78 is 5.73. The van der Waals surface area contributed by atoms with Gasteiger partial charge in [-0.05, 0) is 24.8 Å². The van der Waals surface area contributed by atoms with E-state index in [0.717, 1.165) is 0 Å². The number of ether oxygens (including phenoxy) is 1. The van der Waals surface area contributed by atoms with E-state index >= 15 is 0 Å². The van der Waals surface area contributed by atoms with Gasteiger partial charge in [-0.2, -0.15) is 0 Å². The Morgan fingerprint density at radius 3 is 2.50 bits per heavy atom. The molecule has 98 valence electrons. The van der Waals surface area contributed by atoms with Crippen LogP contribution in [-0.4, -0.2) is 6.10 Å². The van der Waals surface area contributed by atoms with Gasteiger partial charge in [0.25, 0.3) is 0 Å². The topological polar surface area (TPSA) is 12.5 Å². The first-order valence-corrected chi connectivity index (χ1v) is 7.23. The summed E-state index contributed by atoms with van der Waals surface area (Å²) in [5, 5.41) is 0. The maximum atomic E-state index is 5.73. The zero-order chi connectivity index (χ0) is 12.6. The van der Waals surface area contributed by atoms with Crippen molar-refractivity contribution in [3.63, 3.8) is 0 Å².